The van der Waals surface area contributed by atoms with Gasteiger partial charge in [-0.1, -0.05) is 17.4 Å². The van der Waals surface area contributed by atoms with Gasteiger partial charge in [-0.05, 0) is 38.6 Å². The summed E-state index contributed by atoms with van der Waals surface area (Å²) in [7, 11) is 2.21. The van der Waals surface area contributed by atoms with Crippen molar-refractivity contribution in [3.05, 3.63) is 23.8 Å². The second-order valence-electron chi connectivity index (χ2n) is 6.30. The lowest BCUT2D eigenvalue weighted by molar-refractivity contribution is 0.0360. The SMILES string of the molecule is CN1CCN(Cc2ccc3nc(N)sc3c2)CC1(C)C. The number of likely N-dealkylation sites (N-methyl/N-ethyl adjacent to an activating group) is 1. The molecule has 2 heterocycles. The van der Waals surface area contributed by atoms with Crippen LogP contribution in [0, 0.1) is 0 Å². The molecule has 0 bridgehead atoms. The lowest BCUT2D eigenvalue weighted by atomic mass is 9.99. The average molecular weight is 290 g/mol. The van der Waals surface area contributed by atoms with Crippen LogP contribution in [0.1, 0.15) is 19.4 Å². The summed E-state index contributed by atoms with van der Waals surface area (Å²) in [4.78, 5) is 9.28. The topological polar surface area (TPSA) is 45.4 Å². The van der Waals surface area contributed by atoms with Crippen LogP contribution >= 0.6 is 11.3 Å². The standard InChI is InChI=1S/C15H22N4S/c1-15(2)10-19(7-6-18(15)3)9-11-4-5-12-13(8-11)20-14(16)17-12/h4-5,8H,6-7,9-10H2,1-3H3,(H2,16,17). The molecule has 3 rings (SSSR count). The molecule has 0 unspecified atom stereocenters. The van der Waals surface area contributed by atoms with Gasteiger partial charge in [-0.25, -0.2) is 4.98 Å². The zero-order chi connectivity index (χ0) is 14.3. The molecule has 2 N–H and O–H groups in total. The van der Waals surface area contributed by atoms with Gasteiger partial charge in [0.15, 0.2) is 5.13 Å². The van der Waals surface area contributed by atoms with E-state index in [4.69, 9.17) is 5.73 Å². The number of piperazine rings is 1. The van der Waals surface area contributed by atoms with Crippen LogP contribution in [0.2, 0.25) is 0 Å². The van der Waals surface area contributed by atoms with Gasteiger partial charge in [0.05, 0.1) is 10.2 Å². The molecule has 0 atom stereocenters. The summed E-state index contributed by atoms with van der Waals surface area (Å²) in [5.74, 6) is 0. The number of hydrogen-bond acceptors (Lipinski definition) is 5. The molecule has 1 aromatic carbocycles. The Morgan fingerprint density at radius 1 is 1.35 bits per heavy atom. The molecule has 5 heteroatoms. The van der Waals surface area contributed by atoms with Gasteiger partial charge in [-0.15, -0.1) is 0 Å². The van der Waals surface area contributed by atoms with Gasteiger partial charge in [-0.2, -0.15) is 0 Å². The van der Waals surface area contributed by atoms with Gasteiger partial charge in [0.1, 0.15) is 0 Å². The molecule has 0 amide bonds. The quantitative estimate of drug-likeness (QED) is 0.922. The lowest BCUT2D eigenvalue weighted by Crippen LogP contribution is -2.57. The average Bonchev–Trinajstić information content (AvgIpc) is 2.73. The summed E-state index contributed by atoms with van der Waals surface area (Å²) >= 11 is 1.57. The van der Waals surface area contributed by atoms with Crippen LogP contribution in [0.3, 0.4) is 0 Å². The van der Waals surface area contributed by atoms with Crippen LogP contribution in [0.25, 0.3) is 10.2 Å². The molecule has 0 aliphatic carbocycles. The summed E-state index contributed by atoms with van der Waals surface area (Å²) in [6.45, 7) is 8.99. The highest BCUT2D eigenvalue weighted by Gasteiger charge is 2.30. The Kier molecular flexibility index (Phi) is 3.44. The number of anilines is 1. The van der Waals surface area contributed by atoms with Crippen molar-refractivity contribution in [2.45, 2.75) is 25.9 Å². The summed E-state index contributed by atoms with van der Waals surface area (Å²) < 4.78 is 1.19. The second kappa shape index (κ2) is 4.98. The summed E-state index contributed by atoms with van der Waals surface area (Å²) in [5.41, 5.74) is 8.37. The van der Waals surface area contributed by atoms with Gasteiger partial charge in [0.25, 0.3) is 0 Å². The molecule has 0 spiro atoms. The van der Waals surface area contributed by atoms with Crippen LogP contribution < -0.4 is 5.73 Å². The van der Waals surface area contributed by atoms with Crippen molar-refractivity contribution in [1.29, 1.82) is 0 Å². The largest absolute Gasteiger partial charge is 0.375 e. The van der Waals surface area contributed by atoms with Crippen LogP contribution in [0.15, 0.2) is 18.2 Å². The highest BCUT2D eigenvalue weighted by Crippen LogP contribution is 2.26. The van der Waals surface area contributed by atoms with Gasteiger partial charge in [-0.3, -0.25) is 9.80 Å². The molecular weight excluding hydrogens is 268 g/mol. The predicted octanol–water partition coefficient (Wildman–Crippen LogP) is 2.40. The number of thiazole rings is 1. The summed E-state index contributed by atoms with van der Waals surface area (Å²) in [6.07, 6.45) is 0. The van der Waals surface area contributed by atoms with Crippen molar-refractivity contribution in [2.24, 2.45) is 0 Å². The first-order valence-corrected chi connectivity index (χ1v) is 7.84. The first-order valence-electron chi connectivity index (χ1n) is 7.03. The van der Waals surface area contributed by atoms with Crippen molar-refractivity contribution >= 4 is 26.7 Å². The maximum atomic E-state index is 5.77. The summed E-state index contributed by atoms with van der Waals surface area (Å²) in [6, 6.07) is 6.49. The van der Waals surface area contributed by atoms with Crippen molar-refractivity contribution in [3.63, 3.8) is 0 Å². The molecule has 1 aliphatic heterocycles. The molecular formula is C15H22N4S. The third kappa shape index (κ3) is 2.66. The first kappa shape index (κ1) is 13.8. The number of benzene rings is 1. The molecule has 20 heavy (non-hydrogen) atoms. The zero-order valence-electron chi connectivity index (χ0n) is 12.4. The highest BCUT2D eigenvalue weighted by molar-refractivity contribution is 7.22. The maximum Gasteiger partial charge on any atom is 0.181 e. The van der Waals surface area contributed by atoms with Crippen molar-refractivity contribution < 1.29 is 0 Å². The fourth-order valence-electron chi connectivity index (χ4n) is 2.82. The molecule has 1 aliphatic rings. The zero-order valence-corrected chi connectivity index (χ0v) is 13.2. The highest BCUT2D eigenvalue weighted by atomic mass is 32.1. The Bertz CT molecular complexity index is 619. The Labute approximate surface area is 124 Å². The number of rotatable bonds is 2. The molecule has 2 aromatic rings. The van der Waals surface area contributed by atoms with Crippen LogP contribution in [-0.4, -0.2) is 47.0 Å². The minimum Gasteiger partial charge on any atom is -0.375 e. The van der Waals surface area contributed by atoms with E-state index < -0.39 is 0 Å². The van der Waals surface area contributed by atoms with Crippen molar-refractivity contribution in [2.75, 3.05) is 32.4 Å². The van der Waals surface area contributed by atoms with E-state index in [1.165, 1.54) is 10.3 Å². The third-order valence-corrected chi connectivity index (χ3v) is 5.12. The van der Waals surface area contributed by atoms with Crippen LogP contribution in [0.5, 0.6) is 0 Å². The molecule has 108 valence electrons. The number of aromatic nitrogens is 1. The van der Waals surface area contributed by atoms with Crippen LogP contribution in [-0.2, 0) is 6.54 Å². The van der Waals surface area contributed by atoms with Gasteiger partial charge in [0.2, 0.25) is 0 Å². The lowest BCUT2D eigenvalue weighted by Gasteiger charge is -2.45. The van der Waals surface area contributed by atoms with E-state index in [1.54, 1.807) is 11.3 Å². The monoisotopic (exact) mass is 290 g/mol. The number of nitrogen functional groups attached to an aromatic ring is 1. The number of nitrogens with zero attached hydrogens (tertiary/aromatic N) is 3. The predicted molar refractivity (Wildman–Crippen MR) is 86.0 cm³/mol. The van der Waals surface area contributed by atoms with E-state index in [0.29, 0.717) is 5.13 Å². The van der Waals surface area contributed by atoms with E-state index in [9.17, 15) is 0 Å². The Hall–Kier alpha value is -1.17. The number of fused-ring (bicyclic) bond motifs is 1. The minimum absolute atomic E-state index is 0.247. The first-order chi connectivity index (χ1) is 9.44. The van der Waals surface area contributed by atoms with Gasteiger partial charge < -0.3 is 5.73 Å². The smallest absolute Gasteiger partial charge is 0.181 e. The maximum absolute atomic E-state index is 5.77. The molecule has 4 nitrogen and oxygen atoms in total. The molecule has 1 aromatic heterocycles. The minimum atomic E-state index is 0.247. The third-order valence-electron chi connectivity index (χ3n) is 4.27. The Morgan fingerprint density at radius 2 is 2.15 bits per heavy atom. The van der Waals surface area contributed by atoms with Crippen molar-refractivity contribution in [1.82, 2.24) is 14.8 Å². The van der Waals surface area contributed by atoms with E-state index in [1.807, 2.05) is 0 Å². The molecule has 0 radical (unpaired) electrons. The van der Waals surface area contributed by atoms with Gasteiger partial charge in [0, 0.05) is 31.7 Å². The number of nitrogens with two attached hydrogens (primary N) is 1. The van der Waals surface area contributed by atoms with Gasteiger partial charge >= 0.3 is 0 Å². The van der Waals surface area contributed by atoms with E-state index >= 15 is 0 Å². The van der Waals surface area contributed by atoms with E-state index in [-0.39, 0.29) is 5.54 Å². The summed E-state index contributed by atoms with van der Waals surface area (Å²) in [5, 5.41) is 0.651. The molecule has 1 fully saturated rings. The number of hydrogen-bond donors (Lipinski definition) is 1. The van der Waals surface area contributed by atoms with E-state index in [2.05, 4.69) is 53.9 Å². The Balaban J connectivity index is 1.76. The van der Waals surface area contributed by atoms with Crippen LogP contribution in [0.4, 0.5) is 5.13 Å². The van der Waals surface area contributed by atoms with E-state index in [0.717, 1.165) is 31.7 Å². The molecule has 1 saturated heterocycles. The molecule has 0 saturated carbocycles. The fraction of sp³-hybridized carbons (Fsp3) is 0.533. The normalized spacial score (nSPS) is 20.6. The fourth-order valence-corrected chi connectivity index (χ4v) is 3.62. The van der Waals surface area contributed by atoms with Crippen molar-refractivity contribution in [3.8, 4) is 0 Å². The second-order valence-corrected chi connectivity index (χ2v) is 7.36. The Morgan fingerprint density at radius 3 is 2.90 bits per heavy atom.